The number of carbonyl (C=O) groups is 1. The van der Waals surface area contributed by atoms with Crippen molar-refractivity contribution in [2.75, 3.05) is 13.1 Å². The Kier molecular flexibility index (Phi) is 5.98. The van der Waals surface area contributed by atoms with Gasteiger partial charge in [0.25, 0.3) is 0 Å². The lowest BCUT2D eigenvalue weighted by molar-refractivity contribution is -0.125. The number of nitrogens with one attached hydrogen (secondary N) is 5. The van der Waals surface area contributed by atoms with Gasteiger partial charge in [0.05, 0.1) is 0 Å². The smallest absolute Gasteiger partial charge is 0.250 e. The highest BCUT2D eigenvalue weighted by Crippen LogP contribution is 2.33. The highest BCUT2D eigenvalue weighted by molar-refractivity contribution is 5.85. The zero-order chi connectivity index (χ0) is 19.0. The van der Waals surface area contributed by atoms with Gasteiger partial charge < -0.3 is 15.2 Å². The lowest BCUT2D eigenvalue weighted by Crippen LogP contribution is -2.51. The molecule has 4 atom stereocenters. The Bertz CT molecular complexity index is 788. The number of aromatic amines is 1. The van der Waals surface area contributed by atoms with Crippen molar-refractivity contribution >= 4 is 18.3 Å². The van der Waals surface area contributed by atoms with E-state index in [0.29, 0.717) is 23.6 Å². The maximum atomic E-state index is 13.0. The molecule has 4 unspecified atom stereocenters. The molecule has 0 aliphatic carbocycles. The molecule has 11 nitrogen and oxygen atoms in total. The molecule has 2 aliphatic heterocycles. The van der Waals surface area contributed by atoms with Crippen molar-refractivity contribution in [1.82, 2.24) is 46.8 Å². The van der Waals surface area contributed by atoms with Gasteiger partial charge in [-0.2, -0.15) is 10.1 Å². The van der Waals surface area contributed by atoms with Gasteiger partial charge in [0.2, 0.25) is 17.6 Å². The maximum absolute atomic E-state index is 13.0. The summed E-state index contributed by atoms with van der Waals surface area (Å²) in [5.74, 6) is 1.18. The van der Waals surface area contributed by atoms with Crippen molar-refractivity contribution in [3.8, 4) is 11.6 Å². The SMILES string of the molecule is CC(C)(C)C(NC(=O)C1NNC2CCNCC21)c1nc(-c2ncn[nH]2)no1.Cl. The molecule has 2 aromatic heterocycles. The van der Waals surface area contributed by atoms with E-state index in [-0.39, 0.29) is 35.7 Å². The highest BCUT2D eigenvalue weighted by atomic mass is 35.5. The van der Waals surface area contributed by atoms with E-state index in [1.54, 1.807) is 0 Å². The van der Waals surface area contributed by atoms with E-state index >= 15 is 0 Å². The van der Waals surface area contributed by atoms with Gasteiger partial charge in [0.15, 0.2) is 5.82 Å². The molecule has 5 N–H and O–H groups in total. The summed E-state index contributed by atoms with van der Waals surface area (Å²) in [6.07, 6.45) is 2.37. The number of nitrogens with zero attached hydrogens (tertiary/aromatic N) is 4. The molecule has 2 aliphatic rings. The third-order valence-corrected chi connectivity index (χ3v) is 5.13. The average molecular weight is 412 g/mol. The number of hydrogen-bond acceptors (Lipinski definition) is 9. The fraction of sp³-hybridized carbons (Fsp3) is 0.688. The fourth-order valence-electron chi connectivity index (χ4n) is 3.62. The van der Waals surface area contributed by atoms with Crippen LogP contribution in [0.25, 0.3) is 11.6 Å². The summed E-state index contributed by atoms with van der Waals surface area (Å²) < 4.78 is 5.44. The third kappa shape index (κ3) is 4.02. The van der Waals surface area contributed by atoms with E-state index in [9.17, 15) is 4.79 Å². The number of aromatic nitrogens is 5. The average Bonchev–Trinajstić information content (AvgIpc) is 3.37. The first-order chi connectivity index (χ1) is 12.9. The molecule has 2 fully saturated rings. The van der Waals surface area contributed by atoms with Crippen LogP contribution in [0.1, 0.15) is 39.1 Å². The second kappa shape index (κ2) is 8.11. The van der Waals surface area contributed by atoms with E-state index < -0.39 is 6.04 Å². The number of piperidine rings is 1. The quantitative estimate of drug-likeness (QED) is 0.466. The molecule has 1 amide bonds. The van der Waals surface area contributed by atoms with Gasteiger partial charge in [-0.05, 0) is 18.4 Å². The van der Waals surface area contributed by atoms with Gasteiger partial charge in [-0.3, -0.25) is 15.3 Å². The van der Waals surface area contributed by atoms with Crippen LogP contribution in [0.5, 0.6) is 0 Å². The lowest BCUT2D eigenvalue weighted by Gasteiger charge is -2.31. The number of hydrogen-bond donors (Lipinski definition) is 5. The predicted octanol–water partition coefficient (Wildman–Crippen LogP) is -0.0656. The minimum absolute atomic E-state index is 0. The van der Waals surface area contributed by atoms with Crippen LogP contribution in [0, 0.1) is 11.3 Å². The van der Waals surface area contributed by atoms with E-state index in [4.69, 9.17) is 4.52 Å². The Balaban J connectivity index is 0.00000225. The van der Waals surface area contributed by atoms with E-state index in [1.165, 1.54) is 6.33 Å². The Labute approximate surface area is 168 Å². The first-order valence-corrected chi connectivity index (χ1v) is 9.15. The molecule has 0 saturated carbocycles. The molecule has 0 bridgehead atoms. The number of fused-ring (bicyclic) bond motifs is 1. The van der Waals surface area contributed by atoms with Crippen molar-refractivity contribution in [2.24, 2.45) is 11.3 Å². The summed E-state index contributed by atoms with van der Waals surface area (Å²) in [4.78, 5) is 21.4. The Hall–Kier alpha value is -2.08. The first kappa shape index (κ1) is 20.6. The Morgan fingerprint density at radius 1 is 1.36 bits per heavy atom. The van der Waals surface area contributed by atoms with Crippen LogP contribution in [0.4, 0.5) is 0 Å². The maximum Gasteiger partial charge on any atom is 0.250 e. The summed E-state index contributed by atoms with van der Waals surface area (Å²) >= 11 is 0. The van der Waals surface area contributed by atoms with Gasteiger partial charge >= 0.3 is 0 Å². The molecule has 154 valence electrons. The fourth-order valence-corrected chi connectivity index (χ4v) is 3.62. The molecule has 0 spiro atoms. The second-order valence-electron chi connectivity index (χ2n) is 8.13. The number of hydrazine groups is 1. The van der Waals surface area contributed by atoms with Gasteiger partial charge in [-0.25, -0.2) is 10.4 Å². The van der Waals surface area contributed by atoms with Crippen LogP contribution in [0.15, 0.2) is 10.9 Å². The highest BCUT2D eigenvalue weighted by Gasteiger charge is 2.43. The zero-order valence-corrected chi connectivity index (χ0v) is 16.8. The summed E-state index contributed by atoms with van der Waals surface area (Å²) in [6, 6.07) is -0.451. The number of halogens is 1. The van der Waals surface area contributed by atoms with Crippen molar-refractivity contribution in [3.05, 3.63) is 12.2 Å². The van der Waals surface area contributed by atoms with Crippen molar-refractivity contribution in [2.45, 2.75) is 45.3 Å². The normalized spacial score (nSPS) is 25.6. The monoisotopic (exact) mass is 411 g/mol. The first-order valence-electron chi connectivity index (χ1n) is 9.15. The predicted molar refractivity (Wildman–Crippen MR) is 102 cm³/mol. The molecular formula is C16H26ClN9O2. The molecule has 0 aromatic carbocycles. The topological polar surface area (TPSA) is 146 Å². The molecule has 2 aromatic rings. The van der Waals surface area contributed by atoms with Crippen molar-refractivity contribution < 1.29 is 9.32 Å². The van der Waals surface area contributed by atoms with E-state index in [0.717, 1.165) is 19.5 Å². The number of rotatable bonds is 4. The van der Waals surface area contributed by atoms with Crippen LogP contribution in [-0.2, 0) is 4.79 Å². The van der Waals surface area contributed by atoms with Crippen molar-refractivity contribution in [1.29, 1.82) is 0 Å². The molecule has 28 heavy (non-hydrogen) atoms. The molecule has 0 radical (unpaired) electrons. The summed E-state index contributed by atoms with van der Waals surface area (Å²) in [5, 5.41) is 16.9. The van der Waals surface area contributed by atoms with Gasteiger partial charge in [-0.15, -0.1) is 12.4 Å². The molecular weight excluding hydrogens is 386 g/mol. The van der Waals surface area contributed by atoms with Crippen LogP contribution in [0.2, 0.25) is 0 Å². The molecule has 4 rings (SSSR count). The summed E-state index contributed by atoms with van der Waals surface area (Å²) in [7, 11) is 0. The molecule has 2 saturated heterocycles. The van der Waals surface area contributed by atoms with Crippen molar-refractivity contribution in [3.63, 3.8) is 0 Å². The minimum atomic E-state index is -0.438. The van der Waals surface area contributed by atoms with Crippen LogP contribution >= 0.6 is 12.4 Å². The van der Waals surface area contributed by atoms with Gasteiger partial charge in [0.1, 0.15) is 18.4 Å². The zero-order valence-electron chi connectivity index (χ0n) is 16.0. The number of H-pyrrole nitrogens is 1. The second-order valence-corrected chi connectivity index (χ2v) is 8.13. The Morgan fingerprint density at radius 2 is 2.18 bits per heavy atom. The largest absolute Gasteiger partial charge is 0.342 e. The van der Waals surface area contributed by atoms with E-state index in [2.05, 4.69) is 46.8 Å². The third-order valence-electron chi connectivity index (χ3n) is 5.13. The molecule has 12 heteroatoms. The minimum Gasteiger partial charge on any atom is -0.342 e. The standard InChI is InChI=1S/C16H25N9O2.ClH/c1-16(2,3)11(15-21-13(25-27-15)12-18-7-19-24-12)20-14(26)10-8-6-17-5-4-9(8)22-23-10;/h7-11,17,22-23H,4-6H2,1-3H3,(H,20,26)(H,18,19,24);1H. The Morgan fingerprint density at radius 3 is 2.89 bits per heavy atom. The van der Waals surface area contributed by atoms with Crippen LogP contribution in [0.3, 0.4) is 0 Å². The van der Waals surface area contributed by atoms with Crippen LogP contribution < -0.4 is 21.5 Å². The van der Waals surface area contributed by atoms with Crippen LogP contribution in [-0.4, -0.2) is 56.4 Å². The number of carbonyl (C=O) groups excluding carboxylic acids is 1. The van der Waals surface area contributed by atoms with Gasteiger partial charge in [-0.1, -0.05) is 25.9 Å². The number of amides is 1. The molecule has 4 heterocycles. The summed E-state index contributed by atoms with van der Waals surface area (Å²) in [5.41, 5.74) is 6.06. The lowest BCUT2D eigenvalue weighted by atomic mass is 9.85. The summed E-state index contributed by atoms with van der Waals surface area (Å²) in [6.45, 7) is 7.81. The van der Waals surface area contributed by atoms with E-state index in [1.807, 2.05) is 20.8 Å². The van der Waals surface area contributed by atoms with Gasteiger partial charge in [0, 0.05) is 18.5 Å².